The molecule has 2 aromatic carbocycles. The molecule has 0 radical (unpaired) electrons. The van der Waals surface area contributed by atoms with E-state index in [1.165, 1.54) is 19.1 Å². The third-order valence-electron chi connectivity index (χ3n) is 3.62. The molecule has 140 valence electrons. The molecular weight excluding hydrogens is 371 g/mol. The van der Waals surface area contributed by atoms with Crippen LogP contribution in [0.25, 0.3) is 0 Å². The van der Waals surface area contributed by atoms with Gasteiger partial charge in [-0.1, -0.05) is 6.07 Å². The van der Waals surface area contributed by atoms with Crippen LogP contribution in [-0.4, -0.2) is 15.9 Å². The number of carbonyl (C=O) groups excluding carboxylic acids is 1. The van der Waals surface area contributed by atoms with E-state index >= 15 is 0 Å². The van der Waals surface area contributed by atoms with Gasteiger partial charge in [0.25, 0.3) is 5.91 Å². The van der Waals surface area contributed by atoms with Crippen LogP contribution in [0.15, 0.2) is 42.5 Å². The first-order valence-electron chi connectivity index (χ1n) is 7.95. The van der Waals surface area contributed by atoms with Gasteiger partial charge in [-0.15, -0.1) is 0 Å². The number of hydrogen-bond donors (Lipinski definition) is 2. The van der Waals surface area contributed by atoms with Crippen LogP contribution in [0, 0.1) is 35.7 Å². The summed E-state index contributed by atoms with van der Waals surface area (Å²) >= 11 is 0. The maximum atomic E-state index is 13.8. The SMILES string of the molecule is Cc1nc(Nc2ccc(F)c(F)c2F)cc(C(=O)Nc2cccc(C#N)c2)n1. The summed E-state index contributed by atoms with van der Waals surface area (Å²) in [6, 6.07) is 11.3. The fourth-order valence-corrected chi connectivity index (χ4v) is 2.37. The molecule has 2 N–H and O–H groups in total. The summed E-state index contributed by atoms with van der Waals surface area (Å²) < 4.78 is 40.3. The van der Waals surface area contributed by atoms with Gasteiger partial charge in [-0.3, -0.25) is 4.79 Å². The maximum absolute atomic E-state index is 13.8. The van der Waals surface area contributed by atoms with Gasteiger partial charge in [0, 0.05) is 11.8 Å². The van der Waals surface area contributed by atoms with E-state index < -0.39 is 23.4 Å². The Labute approximate surface area is 157 Å². The lowest BCUT2D eigenvalue weighted by molar-refractivity contribution is 0.102. The molecular formula is C19H12F3N5O. The van der Waals surface area contributed by atoms with Gasteiger partial charge in [-0.2, -0.15) is 5.26 Å². The van der Waals surface area contributed by atoms with Gasteiger partial charge >= 0.3 is 0 Å². The van der Waals surface area contributed by atoms with E-state index in [-0.39, 0.29) is 23.0 Å². The smallest absolute Gasteiger partial charge is 0.274 e. The molecule has 0 aliphatic heterocycles. The average Bonchev–Trinajstić information content (AvgIpc) is 2.68. The quantitative estimate of drug-likeness (QED) is 0.663. The minimum atomic E-state index is -1.62. The zero-order chi connectivity index (χ0) is 20.3. The molecule has 0 aliphatic rings. The van der Waals surface area contributed by atoms with Crippen molar-refractivity contribution in [1.82, 2.24) is 9.97 Å². The predicted octanol–water partition coefficient (Wildman–Crippen LogP) is 4.07. The maximum Gasteiger partial charge on any atom is 0.274 e. The van der Waals surface area contributed by atoms with Gasteiger partial charge in [0.2, 0.25) is 0 Å². The van der Waals surface area contributed by atoms with E-state index in [2.05, 4.69) is 20.6 Å². The topological polar surface area (TPSA) is 90.7 Å². The Bertz CT molecular complexity index is 1110. The molecule has 0 aliphatic carbocycles. The lowest BCUT2D eigenvalue weighted by Gasteiger charge is -2.10. The molecule has 0 unspecified atom stereocenters. The van der Waals surface area contributed by atoms with Gasteiger partial charge in [0.05, 0.1) is 17.3 Å². The highest BCUT2D eigenvalue weighted by molar-refractivity contribution is 6.03. The minimum Gasteiger partial charge on any atom is -0.338 e. The number of amides is 1. The second kappa shape index (κ2) is 7.75. The van der Waals surface area contributed by atoms with E-state index in [1.54, 1.807) is 18.2 Å². The van der Waals surface area contributed by atoms with Gasteiger partial charge in [0.15, 0.2) is 17.5 Å². The molecule has 0 spiro atoms. The number of aromatic nitrogens is 2. The number of halogens is 3. The van der Waals surface area contributed by atoms with Gasteiger partial charge in [-0.05, 0) is 37.3 Å². The fraction of sp³-hybridized carbons (Fsp3) is 0.0526. The van der Waals surface area contributed by atoms with Crippen molar-refractivity contribution in [2.75, 3.05) is 10.6 Å². The zero-order valence-electron chi connectivity index (χ0n) is 14.4. The summed E-state index contributed by atoms with van der Waals surface area (Å²) in [5.74, 6) is -4.71. The van der Waals surface area contributed by atoms with E-state index in [0.717, 1.165) is 12.1 Å². The average molecular weight is 383 g/mol. The Balaban J connectivity index is 1.86. The van der Waals surface area contributed by atoms with Crippen LogP contribution in [0.3, 0.4) is 0 Å². The standard InChI is InChI=1S/C19H12F3N5O/c1-10-24-15(19(28)26-12-4-2-3-11(7-12)9-23)8-16(25-10)27-14-6-5-13(20)17(21)18(14)22/h2-8H,1H3,(H,26,28)(H,24,25,27). The Hall–Kier alpha value is -3.93. The summed E-state index contributed by atoms with van der Waals surface area (Å²) in [6.45, 7) is 1.51. The molecule has 0 fully saturated rings. The lowest BCUT2D eigenvalue weighted by Crippen LogP contribution is -2.15. The first-order chi connectivity index (χ1) is 13.4. The third kappa shape index (κ3) is 4.07. The highest BCUT2D eigenvalue weighted by atomic mass is 19.2. The first-order valence-corrected chi connectivity index (χ1v) is 7.95. The minimum absolute atomic E-state index is 0.0216. The van der Waals surface area contributed by atoms with Gasteiger partial charge in [-0.25, -0.2) is 23.1 Å². The van der Waals surface area contributed by atoms with Crippen LogP contribution >= 0.6 is 0 Å². The number of anilines is 3. The summed E-state index contributed by atoms with van der Waals surface area (Å²) in [4.78, 5) is 20.5. The van der Waals surface area contributed by atoms with Crippen LogP contribution in [0.2, 0.25) is 0 Å². The molecule has 0 atom stereocenters. The number of nitriles is 1. The van der Waals surface area contributed by atoms with Crippen molar-refractivity contribution in [3.63, 3.8) is 0 Å². The molecule has 0 saturated carbocycles. The number of nitrogens with zero attached hydrogens (tertiary/aromatic N) is 3. The molecule has 9 heteroatoms. The first kappa shape index (κ1) is 18.8. The number of nitrogens with one attached hydrogen (secondary N) is 2. The van der Waals surface area contributed by atoms with Crippen molar-refractivity contribution in [3.05, 3.63) is 77.0 Å². The Morgan fingerprint density at radius 2 is 1.86 bits per heavy atom. The summed E-state index contributed by atoms with van der Waals surface area (Å²) in [5, 5.41) is 14.0. The van der Waals surface area contributed by atoms with Crippen molar-refractivity contribution in [1.29, 1.82) is 5.26 Å². The molecule has 3 aromatic rings. The molecule has 3 rings (SSSR count). The highest BCUT2D eigenvalue weighted by Gasteiger charge is 2.16. The molecule has 28 heavy (non-hydrogen) atoms. The number of benzene rings is 2. The van der Waals surface area contributed by atoms with Crippen LogP contribution in [0.5, 0.6) is 0 Å². The molecule has 1 amide bonds. The van der Waals surface area contributed by atoms with Crippen LogP contribution in [-0.2, 0) is 0 Å². The van der Waals surface area contributed by atoms with Crippen molar-refractivity contribution in [2.24, 2.45) is 0 Å². The Kier molecular flexibility index (Phi) is 5.22. The van der Waals surface area contributed by atoms with E-state index in [4.69, 9.17) is 5.26 Å². The molecule has 1 heterocycles. The number of rotatable bonds is 4. The largest absolute Gasteiger partial charge is 0.338 e. The van der Waals surface area contributed by atoms with Gasteiger partial charge < -0.3 is 10.6 Å². The number of carbonyl (C=O) groups is 1. The second-order valence-electron chi connectivity index (χ2n) is 5.68. The van der Waals surface area contributed by atoms with Crippen LogP contribution in [0.1, 0.15) is 21.9 Å². The molecule has 0 bridgehead atoms. The van der Waals surface area contributed by atoms with Crippen molar-refractivity contribution < 1.29 is 18.0 Å². The number of aryl methyl sites for hydroxylation is 1. The van der Waals surface area contributed by atoms with E-state index in [1.807, 2.05) is 6.07 Å². The van der Waals surface area contributed by atoms with Crippen molar-refractivity contribution in [3.8, 4) is 6.07 Å². The molecule has 1 aromatic heterocycles. The van der Waals surface area contributed by atoms with Crippen molar-refractivity contribution in [2.45, 2.75) is 6.92 Å². The number of hydrogen-bond acceptors (Lipinski definition) is 5. The predicted molar refractivity (Wildman–Crippen MR) is 95.5 cm³/mol. The van der Waals surface area contributed by atoms with Crippen molar-refractivity contribution >= 4 is 23.1 Å². The summed E-state index contributed by atoms with van der Waals surface area (Å²) in [5.41, 5.74) is 0.375. The Morgan fingerprint density at radius 1 is 1.07 bits per heavy atom. The van der Waals surface area contributed by atoms with Crippen LogP contribution < -0.4 is 10.6 Å². The summed E-state index contributed by atoms with van der Waals surface area (Å²) in [7, 11) is 0. The van der Waals surface area contributed by atoms with E-state index in [0.29, 0.717) is 11.3 Å². The fourth-order valence-electron chi connectivity index (χ4n) is 2.37. The summed E-state index contributed by atoms with van der Waals surface area (Å²) in [6.07, 6.45) is 0. The van der Waals surface area contributed by atoms with Crippen LogP contribution in [0.4, 0.5) is 30.4 Å². The second-order valence-corrected chi connectivity index (χ2v) is 5.68. The zero-order valence-corrected chi connectivity index (χ0v) is 14.4. The normalized spacial score (nSPS) is 10.2. The third-order valence-corrected chi connectivity index (χ3v) is 3.62. The molecule has 0 saturated heterocycles. The molecule has 6 nitrogen and oxygen atoms in total. The lowest BCUT2D eigenvalue weighted by atomic mass is 10.2. The van der Waals surface area contributed by atoms with Gasteiger partial charge in [0.1, 0.15) is 17.3 Å². The Morgan fingerprint density at radius 3 is 2.61 bits per heavy atom. The van der Waals surface area contributed by atoms with E-state index in [9.17, 15) is 18.0 Å². The highest BCUT2D eigenvalue weighted by Crippen LogP contribution is 2.23. The monoisotopic (exact) mass is 383 g/mol.